The number of hydrogen-bond donors (Lipinski definition) is 1. The van der Waals surface area contributed by atoms with Gasteiger partial charge < -0.3 is 10.1 Å². The van der Waals surface area contributed by atoms with Gasteiger partial charge in [-0.15, -0.1) is 12.3 Å². The number of hydrogen-bond acceptors (Lipinski definition) is 4. The van der Waals surface area contributed by atoms with Crippen LogP contribution < -0.4 is 5.32 Å². The number of ether oxygens (including phenoxy) is 1. The van der Waals surface area contributed by atoms with Crippen LogP contribution in [0.15, 0.2) is 18.3 Å². The van der Waals surface area contributed by atoms with Crippen molar-refractivity contribution < 1.29 is 9.53 Å². The zero-order chi connectivity index (χ0) is 11.1. The Bertz CT molecular complexity index is 382. The van der Waals surface area contributed by atoms with Gasteiger partial charge in [0, 0.05) is 19.2 Å². The van der Waals surface area contributed by atoms with E-state index in [1.807, 2.05) is 0 Å². The maximum Gasteiger partial charge on any atom is 0.341 e. The van der Waals surface area contributed by atoms with Crippen molar-refractivity contribution in [3.63, 3.8) is 0 Å². The van der Waals surface area contributed by atoms with Crippen LogP contribution in [-0.2, 0) is 4.74 Å². The van der Waals surface area contributed by atoms with E-state index in [1.165, 1.54) is 7.11 Å². The lowest BCUT2D eigenvalue weighted by Gasteiger charge is -2.07. The van der Waals surface area contributed by atoms with E-state index in [9.17, 15) is 4.79 Å². The average Bonchev–Trinajstić information content (AvgIpc) is 2.29. The highest BCUT2D eigenvalue weighted by Gasteiger charge is 2.11. The van der Waals surface area contributed by atoms with Crippen LogP contribution in [0.4, 0.5) is 5.82 Å². The monoisotopic (exact) mass is 204 g/mol. The lowest BCUT2D eigenvalue weighted by molar-refractivity contribution is 0.0601. The van der Waals surface area contributed by atoms with Crippen LogP contribution >= 0.6 is 0 Å². The van der Waals surface area contributed by atoms with Gasteiger partial charge in [-0.3, -0.25) is 0 Å². The lowest BCUT2D eigenvalue weighted by atomic mass is 10.2. The van der Waals surface area contributed by atoms with E-state index in [0.29, 0.717) is 24.3 Å². The third-order valence-corrected chi connectivity index (χ3v) is 1.77. The fourth-order valence-electron chi connectivity index (χ4n) is 1.07. The fourth-order valence-corrected chi connectivity index (χ4v) is 1.07. The second-order valence-corrected chi connectivity index (χ2v) is 2.77. The molecule has 0 unspecified atom stereocenters. The Morgan fingerprint density at radius 2 is 2.53 bits per heavy atom. The minimum atomic E-state index is -0.411. The van der Waals surface area contributed by atoms with Gasteiger partial charge in [-0.05, 0) is 12.1 Å². The van der Waals surface area contributed by atoms with E-state index in [4.69, 9.17) is 6.42 Å². The summed E-state index contributed by atoms with van der Waals surface area (Å²) in [5, 5.41) is 2.97. The van der Waals surface area contributed by atoms with Crippen molar-refractivity contribution in [1.29, 1.82) is 0 Å². The molecule has 0 aliphatic rings. The zero-order valence-electron chi connectivity index (χ0n) is 8.49. The molecule has 0 bridgehead atoms. The molecule has 1 aromatic heterocycles. The van der Waals surface area contributed by atoms with Gasteiger partial charge in [0.2, 0.25) is 0 Å². The highest BCUT2D eigenvalue weighted by Crippen LogP contribution is 2.12. The van der Waals surface area contributed by atoms with Crippen molar-refractivity contribution in [1.82, 2.24) is 4.98 Å². The molecule has 1 rings (SSSR count). The highest BCUT2D eigenvalue weighted by atomic mass is 16.5. The summed E-state index contributed by atoms with van der Waals surface area (Å²) in [5.41, 5.74) is 0.414. The van der Waals surface area contributed by atoms with Crippen LogP contribution in [0.1, 0.15) is 16.8 Å². The molecule has 0 aromatic carbocycles. The molecule has 1 heterocycles. The molecule has 78 valence electrons. The van der Waals surface area contributed by atoms with Crippen LogP contribution in [0.3, 0.4) is 0 Å². The predicted molar refractivity (Wildman–Crippen MR) is 57.5 cm³/mol. The maximum atomic E-state index is 11.3. The molecule has 15 heavy (non-hydrogen) atoms. The molecule has 0 saturated carbocycles. The molecule has 1 N–H and O–H groups in total. The summed E-state index contributed by atoms with van der Waals surface area (Å²) in [6, 6.07) is 3.33. The van der Waals surface area contributed by atoms with Crippen molar-refractivity contribution in [3.8, 4) is 12.3 Å². The van der Waals surface area contributed by atoms with E-state index < -0.39 is 5.97 Å². The normalized spacial score (nSPS) is 9.07. The van der Waals surface area contributed by atoms with Crippen LogP contribution in [0, 0.1) is 12.3 Å². The number of carbonyl (C=O) groups excluding carboxylic acids is 1. The van der Waals surface area contributed by atoms with E-state index >= 15 is 0 Å². The number of carbonyl (C=O) groups is 1. The van der Waals surface area contributed by atoms with Gasteiger partial charge in [0.1, 0.15) is 11.4 Å². The summed E-state index contributed by atoms with van der Waals surface area (Å²) >= 11 is 0. The van der Waals surface area contributed by atoms with E-state index in [-0.39, 0.29) is 0 Å². The molecule has 0 amide bonds. The Kier molecular flexibility index (Phi) is 4.17. The molecule has 0 saturated heterocycles. The van der Waals surface area contributed by atoms with Gasteiger partial charge in [-0.1, -0.05) is 0 Å². The molecule has 0 aliphatic carbocycles. The van der Waals surface area contributed by atoms with Gasteiger partial charge in [-0.2, -0.15) is 0 Å². The largest absolute Gasteiger partial charge is 0.465 e. The molecule has 4 heteroatoms. The Balaban J connectivity index is 2.78. The Morgan fingerprint density at radius 1 is 1.73 bits per heavy atom. The SMILES string of the molecule is C#CCCNc1ncccc1C(=O)OC. The Hall–Kier alpha value is -2.02. The Labute approximate surface area is 88.7 Å². The first-order chi connectivity index (χ1) is 7.29. The predicted octanol–water partition coefficient (Wildman–Crippen LogP) is 1.30. The quantitative estimate of drug-likeness (QED) is 0.456. The average molecular weight is 204 g/mol. The molecule has 0 aliphatic heterocycles. The first-order valence-electron chi connectivity index (χ1n) is 4.50. The lowest BCUT2D eigenvalue weighted by Crippen LogP contribution is -2.10. The van der Waals surface area contributed by atoms with E-state index in [2.05, 4.69) is 21.0 Å². The first kappa shape index (κ1) is 11.1. The molecule has 0 spiro atoms. The number of pyridine rings is 1. The molecule has 1 aromatic rings. The number of rotatable bonds is 4. The van der Waals surface area contributed by atoms with Crippen molar-refractivity contribution in [2.45, 2.75) is 6.42 Å². The summed E-state index contributed by atoms with van der Waals surface area (Å²) in [6.07, 6.45) is 7.30. The Morgan fingerprint density at radius 3 is 3.20 bits per heavy atom. The number of nitrogens with zero attached hydrogens (tertiary/aromatic N) is 1. The third kappa shape index (κ3) is 2.99. The van der Waals surface area contributed by atoms with Crippen molar-refractivity contribution in [2.24, 2.45) is 0 Å². The van der Waals surface area contributed by atoms with Gasteiger partial charge in [-0.25, -0.2) is 9.78 Å². The molecule has 4 nitrogen and oxygen atoms in total. The summed E-state index contributed by atoms with van der Waals surface area (Å²) in [4.78, 5) is 15.4. The molecule has 0 radical (unpaired) electrons. The van der Waals surface area contributed by atoms with E-state index in [1.54, 1.807) is 18.3 Å². The maximum absolute atomic E-state index is 11.3. The zero-order valence-corrected chi connectivity index (χ0v) is 8.49. The summed E-state index contributed by atoms with van der Waals surface area (Å²) in [6.45, 7) is 0.581. The number of methoxy groups -OCH3 is 1. The van der Waals surface area contributed by atoms with Crippen molar-refractivity contribution in [3.05, 3.63) is 23.9 Å². The van der Waals surface area contributed by atoms with Gasteiger partial charge >= 0.3 is 5.97 Å². The number of aromatic nitrogens is 1. The number of nitrogens with one attached hydrogen (secondary N) is 1. The molecule has 0 fully saturated rings. The summed E-state index contributed by atoms with van der Waals surface area (Å²) < 4.78 is 4.62. The molecular weight excluding hydrogens is 192 g/mol. The number of esters is 1. The second kappa shape index (κ2) is 5.66. The summed E-state index contributed by atoms with van der Waals surface area (Å²) in [7, 11) is 1.33. The smallest absolute Gasteiger partial charge is 0.341 e. The third-order valence-electron chi connectivity index (χ3n) is 1.77. The fraction of sp³-hybridized carbons (Fsp3) is 0.273. The highest BCUT2D eigenvalue weighted by molar-refractivity contribution is 5.94. The second-order valence-electron chi connectivity index (χ2n) is 2.77. The number of terminal acetylenes is 1. The van der Waals surface area contributed by atoms with Gasteiger partial charge in [0.05, 0.1) is 7.11 Å². The van der Waals surface area contributed by atoms with E-state index in [0.717, 1.165) is 0 Å². The van der Waals surface area contributed by atoms with Gasteiger partial charge in [0.15, 0.2) is 0 Å². The minimum Gasteiger partial charge on any atom is -0.465 e. The van der Waals surface area contributed by atoms with Crippen molar-refractivity contribution in [2.75, 3.05) is 19.0 Å². The van der Waals surface area contributed by atoms with Gasteiger partial charge in [0.25, 0.3) is 0 Å². The summed E-state index contributed by atoms with van der Waals surface area (Å²) in [5.74, 6) is 2.58. The first-order valence-corrected chi connectivity index (χ1v) is 4.50. The van der Waals surface area contributed by atoms with Crippen LogP contribution in [0.25, 0.3) is 0 Å². The van der Waals surface area contributed by atoms with Crippen molar-refractivity contribution >= 4 is 11.8 Å². The van der Waals surface area contributed by atoms with Crippen LogP contribution in [0.5, 0.6) is 0 Å². The van der Waals surface area contributed by atoms with Crippen LogP contribution in [-0.4, -0.2) is 24.6 Å². The topological polar surface area (TPSA) is 51.2 Å². The standard InChI is InChI=1S/C11H12N2O2/c1-3-4-7-12-10-9(11(14)15-2)6-5-8-13-10/h1,5-6,8H,4,7H2,2H3,(H,12,13). The van der Waals surface area contributed by atoms with Crippen LogP contribution in [0.2, 0.25) is 0 Å². The molecule has 0 atom stereocenters. The molecular formula is C11H12N2O2. The minimum absolute atomic E-state index is 0.411. The number of anilines is 1.